The SMILES string of the molecule is COCc1nc2ccccc2n1CC1CC1(Cl)Cl. The quantitative estimate of drug-likeness (QED) is 0.805. The molecule has 3 rings (SSSR count). The van der Waals surface area contributed by atoms with Gasteiger partial charge in [-0.05, 0) is 18.6 Å². The van der Waals surface area contributed by atoms with E-state index in [1.54, 1.807) is 7.11 Å². The predicted octanol–water partition coefficient (Wildman–Crippen LogP) is 3.38. The van der Waals surface area contributed by atoms with Gasteiger partial charge in [0, 0.05) is 19.6 Å². The second-order valence-electron chi connectivity index (χ2n) is 4.72. The van der Waals surface area contributed by atoms with Gasteiger partial charge in [0.15, 0.2) is 0 Å². The second kappa shape index (κ2) is 4.41. The Balaban J connectivity index is 1.99. The Morgan fingerprint density at radius 1 is 1.44 bits per heavy atom. The lowest BCUT2D eigenvalue weighted by molar-refractivity contribution is 0.174. The Kier molecular flexibility index (Phi) is 3.00. The van der Waals surface area contributed by atoms with Crippen LogP contribution in [0.25, 0.3) is 11.0 Å². The summed E-state index contributed by atoms with van der Waals surface area (Å²) in [6, 6.07) is 8.07. The van der Waals surface area contributed by atoms with Crippen molar-refractivity contribution >= 4 is 34.2 Å². The van der Waals surface area contributed by atoms with Crippen molar-refractivity contribution in [1.29, 1.82) is 0 Å². The summed E-state index contributed by atoms with van der Waals surface area (Å²) >= 11 is 12.2. The van der Waals surface area contributed by atoms with Gasteiger partial charge in [0.2, 0.25) is 0 Å². The molecule has 18 heavy (non-hydrogen) atoms. The molecule has 1 saturated carbocycles. The van der Waals surface area contributed by atoms with Crippen LogP contribution in [0.4, 0.5) is 0 Å². The highest BCUT2D eigenvalue weighted by atomic mass is 35.5. The zero-order chi connectivity index (χ0) is 12.8. The zero-order valence-electron chi connectivity index (χ0n) is 10.1. The monoisotopic (exact) mass is 284 g/mol. The fraction of sp³-hybridized carbons (Fsp3) is 0.462. The molecule has 0 N–H and O–H groups in total. The number of benzene rings is 1. The van der Waals surface area contributed by atoms with Gasteiger partial charge in [-0.3, -0.25) is 0 Å². The third-order valence-electron chi connectivity index (χ3n) is 3.37. The van der Waals surface area contributed by atoms with E-state index >= 15 is 0 Å². The van der Waals surface area contributed by atoms with E-state index in [2.05, 4.69) is 15.6 Å². The number of aromatic nitrogens is 2. The van der Waals surface area contributed by atoms with Crippen molar-refractivity contribution < 1.29 is 4.74 Å². The fourth-order valence-corrected chi connectivity index (χ4v) is 2.77. The van der Waals surface area contributed by atoms with Gasteiger partial charge in [0.05, 0.1) is 11.0 Å². The van der Waals surface area contributed by atoms with Gasteiger partial charge in [-0.1, -0.05) is 12.1 Å². The molecular weight excluding hydrogens is 271 g/mol. The van der Waals surface area contributed by atoms with Gasteiger partial charge in [-0.15, -0.1) is 23.2 Å². The number of ether oxygens (including phenoxy) is 1. The van der Waals surface area contributed by atoms with Gasteiger partial charge in [0.25, 0.3) is 0 Å². The lowest BCUT2D eigenvalue weighted by Crippen LogP contribution is -2.08. The van der Waals surface area contributed by atoms with E-state index < -0.39 is 4.33 Å². The van der Waals surface area contributed by atoms with Crippen molar-refractivity contribution in [1.82, 2.24) is 9.55 Å². The molecule has 1 unspecified atom stereocenters. The molecule has 0 aliphatic heterocycles. The standard InChI is InChI=1S/C13H14Cl2N2O/c1-18-8-12-16-10-4-2-3-5-11(10)17(12)7-9-6-13(9,14)15/h2-5,9H,6-8H2,1H3. The molecule has 1 atom stereocenters. The van der Waals surface area contributed by atoms with Crippen LogP contribution in [-0.2, 0) is 17.9 Å². The molecular formula is C13H14Cl2N2O. The van der Waals surface area contributed by atoms with E-state index in [-0.39, 0.29) is 0 Å². The predicted molar refractivity (Wildman–Crippen MR) is 73.0 cm³/mol. The van der Waals surface area contributed by atoms with E-state index in [9.17, 15) is 0 Å². The van der Waals surface area contributed by atoms with Crippen LogP contribution in [-0.4, -0.2) is 21.0 Å². The number of alkyl halides is 2. The molecule has 1 aliphatic rings. The van der Waals surface area contributed by atoms with Gasteiger partial charge in [-0.2, -0.15) is 0 Å². The molecule has 0 radical (unpaired) electrons. The van der Waals surface area contributed by atoms with Crippen molar-refractivity contribution in [3.8, 4) is 0 Å². The molecule has 2 aromatic rings. The van der Waals surface area contributed by atoms with Crippen molar-refractivity contribution in [2.24, 2.45) is 5.92 Å². The number of hydrogen-bond donors (Lipinski definition) is 0. The van der Waals surface area contributed by atoms with Crippen LogP contribution >= 0.6 is 23.2 Å². The van der Waals surface area contributed by atoms with Gasteiger partial charge < -0.3 is 9.30 Å². The summed E-state index contributed by atoms with van der Waals surface area (Å²) in [5, 5.41) is 0. The minimum absolute atomic E-state index is 0.300. The highest BCUT2D eigenvalue weighted by Gasteiger charge is 2.51. The lowest BCUT2D eigenvalue weighted by atomic mass is 10.3. The van der Waals surface area contributed by atoms with Crippen LogP contribution in [0.2, 0.25) is 0 Å². The Morgan fingerprint density at radius 3 is 2.83 bits per heavy atom. The third kappa shape index (κ3) is 2.11. The van der Waals surface area contributed by atoms with Crippen molar-refractivity contribution in [2.45, 2.75) is 23.9 Å². The average molecular weight is 285 g/mol. The van der Waals surface area contributed by atoms with Crippen molar-refractivity contribution in [2.75, 3.05) is 7.11 Å². The van der Waals surface area contributed by atoms with Crippen molar-refractivity contribution in [3.05, 3.63) is 30.1 Å². The van der Waals surface area contributed by atoms with Gasteiger partial charge >= 0.3 is 0 Å². The minimum atomic E-state index is -0.560. The number of para-hydroxylation sites is 2. The largest absolute Gasteiger partial charge is 0.377 e. The number of imidazole rings is 1. The van der Waals surface area contributed by atoms with E-state index in [4.69, 9.17) is 27.9 Å². The maximum atomic E-state index is 6.11. The first-order chi connectivity index (χ1) is 8.62. The van der Waals surface area contributed by atoms with Crippen LogP contribution in [0.3, 0.4) is 0 Å². The number of halogens is 2. The topological polar surface area (TPSA) is 27.1 Å². The summed E-state index contributed by atoms with van der Waals surface area (Å²) in [6.07, 6.45) is 0.842. The summed E-state index contributed by atoms with van der Waals surface area (Å²) in [4.78, 5) is 4.58. The number of hydrogen-bond acceptors (Lipinski definition) is 2. The Hall–Kier alpha value is -0.770. The molecule has 0 amide bonds. The molecule has 1 heterocycles. The highest BCUT2D eigenvalue weighted by molar-refractivity contribution is 6.50. The number of rotatable bonds is 4. The first-order valence-electron chi connectivity index (χ1n) is 5.93. The molecule has 1 aromatic carbocycles. The molecule has 0 spiro atoms. The first kappa shape index (κ1) is 12.3. The van der Waals surface area contributed by atoms with Crippen molar-refractivity contribution in [3.63, 3.8) is 0 Å². The maximum Gasteiger partial charge on any atom is 0.135 e. The number of fused-ring (bicyclic) bond motifs is 1. The van der Waals surface area contributed by atoms with Gasteiger partial charge in [0.1, 0.15) is 16.8 Å². The number of nitrogens with zero attached hydrogens (tertiary/aromatic N) is 2. The molecule has 1 fully saturated rings. The van der Waals surface area contributed by atoms with Gasteiger partial charge in [-0.25, -0.2) is 4.98 Å². The minimum Gasteiger partial charge on any atom is -0.377 e. The Morgan fingerprint density at radius 2 is 2.17 bits per heavy atom. The molecule has 96 valence electrons. The molecule has 1 aliphatic carbocycles. The van der Waals surface area contributed by atoms with E-state index in [1.807, 2.05) is 18.2 Å². The van der Waals surface area contributed by atoms with Crippen LogP contribution in [0.15, 0.2) is 24.3 Å². The average Bonchev–Trinajstić information content (AvgIpc) is 2.79. The summed E-state index contributed by atoms with van der Waals surface area (Å²) in [6.45, 7) is 1.30. The van der Waals surface area contributed by atoms with E-state index in [0.717, 1.165) is 29.8 Å². The second-order valence-corrected chi connectivity index (χ2v) is 6.26. The van der Waals surface area contributed by atoms with E-state index in [0.29, 0.717) is 12.5 Å². The lowest BCUT2D eigenvalue weighted by Gasteiger charge is -2.08. The van der Waals surface area contributed by atoms with Crippen LogP contribution in [0.5, 0.6) is 0 Å². The number of methoxy groups -OCH3 is 1. The molecule has 1 aromatic heterocycles. The normalized spacial score (nSPS) is 21.4. The summed E-state index contributed by atoms with van der Waals surface area (Å²) < 4.78 is 6.81. The molecule has 0 bridgehead atoms. The summed E-state index contributed by atoms with van der Waals surface area (Å²) in [5.74, 6) is 1.23. The van der Waals surface area contributed by atoms with Crippen LogP contribution in [0.1, 0.15) is 12.2 Å². The zero-order valence-corrected chi connectivity index (χ0v) is 11.6. The van der Waals surface area contributed by atoms with E-state index in [1.165, 1.54) is 0 Å². The molecule has 5 heteroatoms. The molecule has 3 nitrogen and oxygen atoms in total. The Labute approximate surface area is 116 Å². The maximum absolute atomic E-state index is 6.11. The highest BCUT2D eigenvalue weighted by Crippen LogP contribution is 2.54. The summed E-state index contributed by atoms with van der Waals surface area (Å²) in [5.41, 5.74) is 2.10. The third-order valence-corrected chi connectivity index (χ3v) is 4.29. The first-order valence-corrected chi connectivity index (χ1v) is 6.68. The Bertz CT molecular complexity index is 579. The van der Waals surface area contributed by atoms with Crippen LogP contribution < -0.4 is 0 Å². The smallest absolute Gasteiger partial charge is 0.135 e. The fourth-order valence-electron chi connectivity index (χ4n) is 2.26. The molecule has 0 saturated heterocycles. The van der Waals surface area contributed by atoms with Crippen LogP contribution in [0, 0.1) is 5.92 Å². The summed E-state index contributed by atoms with van der Waals surface area (Å²) in [7, 11) is 1.67.